The van der Waals surface area contributed by atoms with Crippen molar-refractivity contribution < 1.29 is 28.5 Å². The number of ether oxygens (including phenoxy) is 2. The van der Waals surface area contributed by atoms with Gasteiger partial charge in [0.25, 0.3) is 0 Å². The summed E-state index contributed by atoms with van der Waals surface area (Å²) in [5.41, 5.74) is 0.860. The molecule has 0 radical (unpaired) electrons. The molecule has 0 aliphatic carbocycles. The summed E-state index contributed by atoms with van der Waals surface area (Å²) in [7, 11) is 0. The number of aryl methyl sites for hydroxylation is 2. The summed E-state index contributed by atoms with van der Waals surface area (Å²) < 4.78 is 22.9. The van der Waals surface area contributed by atoms with Crippen LogP contribution in [-0.4, -0.2) is 28.5 Å². The molecule has 0 spiro atoms. The predicted octanol–water partition coefficient (Wildman–Crippen LogP) is 4.28. The van der Waals surface area contributed by atoms with Crippen LogP contribution in [0.15, 0.2) is 36.4 Å². The van der Waals surface area contributed by atoms with E-state index in [0.717, 1.165) is 0 Å². The molecule has 0 amide bonds. The maximum atomic E-state index is 13.4. The Hall–Kier alpha value is -3.56. The number of carbonyl (C=O) groups excluding carboxylic acids is 1. The molecule has 0 N–H and O–H groups in total. The van der Waals surface area contributed by atoms with Gasteiger partial charge >= 0.3 is 17.3 Å². The van der Waals surface area contributed by atoms with Crippen molar-refractivity contribution in [2.75, 3.05) is 6.61 Å². The molecule has 0 aromatic heterocycles. The maximum Gasteiger partial charge on any atom is 0.344 e. The van der Waals surface area contributed by atoms with Gasteiger partial charge in [-0.15, -0.1) is 0 Å². The van der Waals surface area contributed by atoms with Crippen molar-refractivity contribution in [3.05, 3.63) is 73.6 Å². The van der Waals surface area contributed by atoms with Gasteiger partial charge in [0.15, 0.2) is 6.61 Å². The fraction of sp³-hybridized carbons (Fsp3) is 0.316. The van der Waals surface area contributed by atoms with E-state index in [1.807, 2.05) is 0 Å². The molecule has 2 rings (SSSR count). The largest absolute Gasteiger partial charge is 0.475 e. The molecule has 2 aromatic rings. The zero-order chi connectivity index (χ0) is 22.1. The predicted molar refractivity (Wildman–Crippen MR) is 102 cm³/mol. The first-order chi connectivity index (χ1) is 13.5. The zero-order valence-electron chi connectivity index (χ0n) is 16.4. The fourth-order valence-corrected chi connectivity index (χ4v) is 2.03. The minimum absolute atomic E-state index is 0.412. The van der Waals surface area contributed by atoms with E-state index in [1.54, 1.807) is 13.8 Å². The number of nitrogens with zero attached hydrogens (tertiary/aromatic N) is 2. The lowest BCUT2D eigenvalue weighted by atomic mass is 10.1. The smallest absolute Gasteiger partial charge is 0.344 e. The highest BCUT2D eigenvalue weighted by Crippen LogP contribution is 2.33. The van der Waals surface area contributed by atoms with E-state index >= 15 is 0 Å². The van der Waals surface area contributed by atoms with Crippen LogP contribution in [0.4, 0.5) is 15.8 Å². The van der Waals surface area contributed by atoms with E-state index in [9.17, 15) is 29.4 Å². The lowest BCUT2D eigenvalue weighted by molar-refractivity contribution is -0.396. The van der Waals surface area contributed by atoms with Gasteiger partial charge < -0.3 is 9.47 Å². The Kier molecular flexibility index (Phi) is 8.66. The van der Waals surface area contributed by atoms with Crippen LogP contribution in [0.1, 0.15) is 25.0 Å². The van der Waals surface area contributed by atoms with Gasteiger partial charge in [-0.3, -0.25) is 20.2 Å². The SMILES string of the molecule is CC(C)OC(=O)COc1cc(F)c([N+](=O)[O-])cc1[N+](=O)[O-].Cc1ccccc1C. The van der Waals surface area contributed by atoms with E-state index in [4.69, 9.17) is 9.47 Å². The molecule has 2 aromatic carbocycles. The zero-order valence-corrected chi connectivity index (χ0v) is 16.4. The van der Waals surface area contributed by atoms with Crippen LogP contribution in [0.2, 0.25) is 0 Å². The van der Waals surface area contributed by atoms with Crippen LogP contribution in [0.25, 0.3) is 0 Å². The number of nitro benzene ring substituents is 2. The Balaban J connectivity index is 0.000000436. The van der Waals surface area contributed by atoms with Crippen molar-refractivity contribution in [1.82, 2.24) is 0 Å². The van der Waals surface area contributed by atoms with Gasteiger partial charge in [0.1, 0.15) is 6.07 Å². The highest BCUT2D eigenvalue weighted by Gasteiger charge is 2.26. The highest BCUT2D eigenvalue weighted by atomic mass is 19.1. The van der Waals surface area contributed by atoms with Crippen molar-refractivity contribution >= 4 is 17.3 Å². The number of halogens is 1. The minimum atomic E-state index is -1.31. The Morgan fingerprint density at radius 2 is 1.55 bits per heavy atom. The fourth-order valence-electron chi connectivity index (χ4n) is 2.03. The molecule has 0 aliphatic heterocycles. The summed E-state index contributed by atoms with van der Waals surface area (Å²) in [4.78, 5) is 30.5. The van der Waals surface area contributed by atoms with Crippen LogP contribution in [0, 0.1) is 39.9 Å². The third-order valence-corrected chi connectivity index (χ3v) is 3.56. The lowest BCUT2D eigenvalue weighted by Crippen LogP contribution is -2.19. The molecule has 0 bridgehead atoms. The third kappa shape index (κ3) is 7.53. The van der Waals surface area contributed by atoms with Gasteiger partial charge in [-0.1, -0.05) is 24.3 Å². The second-order valence-corrected chi connectivity index (χ2v) is 6.20. The van der Waals surface area contributed by atoms with Crippen molar-refractivity contribution in [2.24, 2.45) is 0 Å². The van der Waals surface area contributed by atoms with Gasteiger partial charge in [0.05, 0.1) is 16.0 Å². The highest BCUT2D eigenvalue weighted by molar-refractivity contribution is 5.71. The van der Waals surface area contributed by atoms with Crippen molar-refractivity contribution in [1.29, 1.82) is 0 Å². The van der Waals surface area contributed by atoms with E-state index < -0.39 is 51.5 Å². The molecule has 0 fully saturated rings. The number of carbonyl (C=O) groups is 1. The van der Waals surface area contributed by atoms with Crippen molar-refractivity contribution in [3.8, 4) is 5.75 Å². The molecule has 0 saturated heterocycles. The van der Waals surface area contributed by atoms with E-state index in [0.29, 0.717) is 12.1 Å². The molecule has 29 heavy (non-hydrogen) atoms. The molecule has 0 aliphatic rings. The van der Waals surface area contributed by atoms with E-state index in [2.05, 4.69) is 38.1 Å². The summed E-state index contributed by atoms with van der Waals surface area (Å²) in [6.45, 7) is 6.73. The van der Waals surface area contributed by atoms with Gasteiger partial charge in [0, 0.05) is 6.07 Å². The van der Waals surface area contributed by atoms with Crippen LogP contribution >= 0.6 is 0 Å². The molecule has 9 nitrogen and oxygen atoms in total. The molecule has 10 heteroatoms. The summed E-state index contributed by atoms with van der Waals surface area (Å²) in [6.07, 6.45) is -0.412. The van der Waals surface area contributed by atoms with Crippen LogP contribution in [0.3, 0.4) is 0 Å². The molecule has 0 heterocycles. The van der Waals surface area contributed by atoms with Crippen LogP contribution < -0.4 is 4.74 Å². The molecule has 0 saturated carbocycles. The number of benzene rings is 2. The van der Waals surface area contributed by atoms with Crippen molar-refractivity contribution in [2.45, 2.75) is 33.8 Å². The molecular formula is C19H21FN2O7. The number of rotatable bonds is 6. The van der Waals surface area contributed by atoms with Gasteiger partial charge in [0.2, 0.25) is 11.6 Å². The van der Waals surface area contributed by atoms with Gasteiger partial charge in [-0.25, -0.2) is 4.79 Å². The lowest BCUT2D eigenvalue weighted by Gasteiger charge is -2.09. The topological polar surface area (TPSA) is 122 Å². The van der Waals surface area contributed by atoms with Crippen LogP contribution in [0.5, 0.6) is 5.75 Å². The number of esters is 1. The quantitative estimate of drug-likeness (QED) is 0.397. The normalized spacial score (nSPS) is 10.0. The second-order valence-electron chi connectivity index (χ2n) is 6.20. The molecule has 0 atom stereocenters. The molecule has 0 unspecified atom stereocenters. The minimum Gasteiger partial charge on any atom is -0.475 e. The van der Waals surface area contributed by atoms with Crippen molar-refractivity contribution in [3.63, 3.8) is 0 Å². The van der Waals surface area contributed by atoms with E-state index in [1.165, 1.54) is 11.1 Å². The number of nitro groups is 2. The summed E-state index contributed by atoms with van der Waals surface area (Å²) >= 11 is 0. The first-order valence-electron chi connectivity index (χ1n) is 8.49. The standard InChI is InChI=1S/C11H11FN2O7.C8H10/c1-6(2)21-11(15)5-20-10-3-7(12)8(13(16)17)4-9(10)14(18)19;1-7-5-3-4-6-8(7)2/h3-4,6H,5H2,1-2H3;3-6H,1-2H3. The van der Waals surface area contributed by atoms with Gasteiger partial charge in [-0.2, -0.15) is 4.39 Å². The summed E-state index contributed by atoms with van der Waals surface area (Å²) in [6, 6.07) is 9.27. The molecule has 156 valence electrons. The molecular weight excluding hydrogens is 387 g/mol. The maximum absolute atomic E-state index is 13.4. The second kappa shape index (κ2) is 10.7. The van der Waals surface area contributed by atoms with Gasteiger partial charge in [-0.05, 0) is 38.8 Å². The first kappa shape index (κ1) is 23.5. The first-order valence-corrected chi connectivity index (χ1v) is 8.49. The summed E-state index contributed by atoms with van der Waals surface area (Å²) in [5.74, 6) is -2.71. The third-order valence-electron chi connectivity index (χ3n) is 3.56. The Labute approximate surface area is 166 Å². The summed E-state index contributed by atoms with van der Waals surface area (Å²) in [5, 5.41) is 21.3. The average Bonchev–Trinajstić information content (AvgIpc) is 2.62. The number of hydrogen-bond donors (Lipinski definition) is 0. The monoisotopic (exact) mass is 408 g/mol. The van der Waals surface area contributed by atoms with E-state index in [-0.39, 0.29) is 0 Å². The Morgan fingerprint density at radius 3 is 1.97 bits per heavy atom. The van der Waals surface area contributed by atoms with Crippen LogP contribution in [-0.2, 0) is 9.53 Å². The Morgan fingerprint density at radius 1 is 1.03 bits per heavy atom. The average molecular weight is 408 g/mol. The number of hydrogen-bond acceptors (Lipinski definition) is 7. The Bertz CT molecular complexity index is 879.